The third kappa shape index (κ3) is 3.95. The van der Waals surface area contributed by atoms with Crippen molar-refractivity contribution in [3.05, 3.63) is 22.2 Å². The highest BCUT2D eigenvalue weighted by molar-refractivity contribution is 7.99. The van der Waals surface area contributed by atoms with Gasteiger partial charge >= 0.3 is 0 Å². The maximum Gasteiger partial charge on any atom is 0.140 e. The van der Waals surface area contributed by atoms with E-state index in [1.807, 2.05) is 18.7 Å². The van der Waals surface area contributed by atoms with Crippen LogP contribution in [0.5, 0.6) is 0 Å². The minimum Gasteiger partial charge on any atom is -0.237 e. The molecule has 2 nitrogen and oxygen atoms in total. The molecule has 1 aromatic rings. The molecule has 0 fully saturated rings. The molecule has 0 saturated heterocycles. The van der Waals surface area contributed by atoms with Gasteiger partial charge in [-0.05, 0) is 13.3 Å². The molecule has 0 aliphatic rings. The van der Waals surface area contributed by atoms with Gasteiger partial charge in [0, 0.05) is 16.0 Å². The van der Waals surface area contributed by atoms with Crippen LogP contribution in [0.25, 0.3) is 0 Å². The molecule has 0 aliphatic heterocycles. The van der Waals surface area contributed by atoms with Gasteiger partial charge in [0.05, 0.1) is 5.75 Å². The lowest BCUT2D eigenvalue weighted by molar-refractivity contribution is 0.798. The van der Waals surface area contributed by atoms with Crippen LogP contribution in [-0.4, -0.2) is 14.7 Å². The molecule has 0 bridgehead atoms. The second kappa shape index (κ2) is 5.37. The maximum absolute atomic E-state index is 6.09. The van der Waals surface area contributed by atoms with E-state index in [0.29, 0.717) is 5.15 Å². The SMILES string of the molecule is CCc1nc(CSC(C)(C)C)nc(Cl)c1C. The Balaban J connectivity index is 2.86. The maximum atomic E-state index is 6.09. The standard InChI is InChI=1S/C12H19ClN2S/c1-6-9-8(2)11(13)15-10(14-9)7-16-12(3,4)5/h6-7H2,1-5H3. The first-order chi connectivity index (χ1) is 7.33. The van der Waals surface area contributed by atoms with E-state index in [4.69, 9.17) is 11.6 Å². The van der Waals surface area contributed by atoms with Crippen LogP contribution >= 0.6 is 23.4 Å². The first-order valence-corrected chi connectivity index (χ1v) is 6.85. The fourth-order valence-corrected chi connectivity index (χ4v) is 2.17. The third-order valence-electron chi connectivity index (χ3n) is 2.20. The molecule has 0 saturated carbocycles. The first kappa shape index (κ1) is 13.8. The Bertz CT molecular complexity index is 372. The number of aryl methyl sites for hydroxylation is 1. The number of hydrogen-bond acceptors (Lipinski definition) is 3. The molecule has 1 aromatic heterocycles. The summed E-state index contributed by atoms with van der Waals surface area (Å²) < 4.78 is 0.229. The minimum absolute atomic E-state index is 0.229. The third-order valence-corrected chi connectivity index (χ3v) is 3.84. The topological polar surface area (TPSA) is 25.8 Å². The normalized spacial score (nSPS) is 11.9. The summed E-state index contributed by atoms with van der Waals surface area (Å²) in [6.45, 7) is 10.6. The fraction of sp³-hybridized carbons (Fsp3) is 0.667. The number of rotatable bonds is 3. The predicted octanol–water partition coefficient (Wildman–Crippen LogP) is 4.03. The highest BCUT2D eigenvalue weighted by atomic mass is 35.5. The summed E-state index contributed by atoms with van der Waals surface area (Å²) >= 11 is 7.92. The van der Waals surface area contributed by atoms with E-state index in [-0.39, 0.29) is 4.75 Å². The predicted molar refractivity (Wildman–Crippen MR) is 72.2 cm³/mol. The Hall–Kier alpha value is -0.280. The van der Waals surface area contributed by atoms with Crippen molar-refractivity contribution in [2.75, 3.05) is 0 Å². The zero-order valence-corrected chi connectivity index (χ0v) is 12.2. The summed E-state index contributed by atoms with van der Waals surface area (Å²) in [6, 6.07) is 0. The van der Waals surface area contributed by atoms with Crippen LogP contribution in [-0.2, 0) is 12.2 Å². The summed E-state index contributed by atoms with van der Waals surface area (Å²) in [5.41, 5.74) is 2.07. The largest absolute Gasteiger partial charge is 0.237 e. The van der Waals surface area contributed by atoms with Crippen LogP contribution in [0.2, 0.25) is 5.15 Å². The molecule has 0 aliphatic carbocycles. The van der Waals surface area contributed by atoms with Crippen molar-refractivity contribution >= 4 is 23.4 Å². The van der Waals surface area contributed by atoms with Gasteiger partial charge in [-0.25, -0.2) is 9.97 Å². The van der Waals surface area contributed by atoms with Gasteiger partial charge in [-0.2, -0.15) is 0 Å². The molecule has 1 heterocycles. The van der Waals surface area contributed by atoms with Gasteiger partial charge in [0.1, 0.15) is 11.0 Å². The van der Waals surface area contributed by atoms with Gasteiger partial charge in [0.25, 0.3) is 0 Å². The fourth-order valence-electron chi connectivity index (χ4n) is 1.27. The molecule has 0 aromatic carbocycles. The Morgan fingerprint density at radius 3 is 2.38 bits per heavy atom. The monoisotopic (exact) mass is 258 g/mol. The van der Waals surface area contributed by atoms with Gasteiger partial charge in [-0.1, -0.05) is 39.3 Å². The van der Waals surface area contributed by atoms with E-state index in [0.717, 1.165) is 29.3 Å². The Morgan fingerprint density at radius 1 is 1.25 bits per heavy atom. The van der Waals surface area contributed by atoms with Crippen molar-refractivity contribution in [1.29, 1.82) is 0 Å². The zero-order valence-electron chi connectivity index (χ0n) is 10.6. The van der Waals surface area contributed by atoms with E-state index in [2.05, 4.69) is 37.7 Å². The summed E-state index contributed by atoms with van der Waals surface area (Å²) in [5, 5.41) is 0.594. The lowest BCUT2D eigenvalue weighted by Gasteiger charge is -2.17. The Kier molecular flexibility index (Phi) is 4.62. The van der Waals surface area contributed by atoms with Crippen LogP contribution in [0.1, 0.15) is 44.8 Å². The van der Waals surface area contributed by atoms with Gasteiger partial charge in [-0.3, -0.25) is 0 Å². The molecular weight excluding hydrogens is 240 g/mol. The molecule has 4 heteroatoms. The average molecular weight is 259 g/mol. The summed E-state index contributed by atoms with van der Waals surface area (Å²) in [7, 11) is 0. The van der Waals surface area contributed by atoms with Crippen molar-refractivity contribution in [2.45, 2.75) is 51.5 Å². The highest BCUT2D eigenvalue weighted by Crippen LogP contribution is 2.27. The van der Waals surface area contributed by atoms with E-state index in [1.165, 1.54) is 0 Å². The van der Waals surface area contributed by atoms with Crippen molar-refractivity contribution in [2.24, 2.45) is 0 Å². The van der Waals surface area contributed by atoms with Gasteiger partial charge in [0.2, 0.25) is 0 Å². The summed E-state index contributed by atoms with van der Waals surface area (Å²) in [6.07, 6.45) is 0.904. The highest BCUT2D eigenvalue weighted by Gasteiger charge is 2.13. The van der Waals surface area contributed by atoms with Crippen molar-refractivity contribution in [3.63, 3.8) is 0 Å². The number of aromatic nitrogens is 2. The van der Waals surface area contributed by atoms with Crippen LogP contribution in [0.15, 0.2) is 0 Å². The van der Waals surface area contributed by atoms with Crippen LogP contribution in [0.4, 0.5) is 0 Å². The molecule has 0 atom stereocenters. The van der Waals surface area contributed by atoms with Gasteiger partial charge in [0.15, 0.2) is 0 Å². The van der Waals surface area contributed by atoms with E-state index in [9.17, 15) is 0 Å². The minimum atomic E-state index is 0.229. The number of thioether (sulfide) groups is 1. The quantitative estimate of drug-likeness (QED) is 0.766. The van der Waals surface area contributed by atoms with Crippen LogP contribution in [0.3, 0.4) is 0 Å². The lowest BCUT2D eigenvalue weighted by atomic mass is 10.2. The zero-order chi connectivity index (χ0) is 12.3. The molecule has 0 radical (unpaired) electrons. The Labute approximate surface area is 107 Å². The van der Waals surface area contributed by atoms with E-state index < -0.39 is 0 Å². The summed E-state index contributed by atoms with van der Waals surface area (Å²) in [4.78, 5) is 8.86. The van der Waals surface area contributed by atoms with E-state index in [1.54, 1.807) is 0 Å². The molecule has 1 rings (SSSR count). The second-order valence-corrected chi connectivity index (χ2v) is 6.92. The molecular formula is C12H19ClN2S. The van der Waals surface area contributed by atoms with Crippen molar-refractivity contribution in [1.82, 2.24) is 9.97 Å². The average Bonchev–Trinajstić information content (AvgIpc) is 2.18. The molecule has 0 amide bonds. The first-order valence-electron chi connectivity index (χ1n) is 5.49. The second-order valence-electron chi connectivity index (χ2n) is 4.76. The lowest BCUT2D eigenvalue weighted by Crippen LogP contribution is -2.09. The molecule has 0 spiro atoms. The number of halogens is 1. The smallest absolute Gasteiger partial charge is 0.140 e. The van der Waals surface area contributed by atoms with Gasteiger partial charge in [-0.15, -0.1) is 11.8 Å². The molecule has 0 unspecified atom stereocenters. The molecule has 0 N–H and O–H groups in total. The number of hydrogen-bond donors (Lipinski definition) is 0. The molecule has 16 heavy (non-hydrogen) atoms. The summed E-state index contributed by atoms with van der Waals surface area (Å²) in [5.74, 6) is 1.66. The van der Waals surface area contributed by atoms with Gasteiger partial charge < -0.3 is 0 Å². The van der Waals surface area contributed by atoms with Crippen LogP contribution in [0, 0.1) is 6.92 Å². The van der Waals surface area contributed by atoms with Crippen molar-refractivity contribution in [3.8, 4) is 0 Å². The molecule has 90 valence electrons. The number of nitrogens with zero attached hydrogens (tertiary/aromatic N) is 2. The Morgan fingerprint density at radius 2 is 1.88 bits per heavy atom. The van der Waals surface area contributed by atoms with Crippen molar-refractivity contribution < 1.29 is 0 Å². The van der Waals surface area contributed by atoms with Crippen LogP contribution < -0.4 is 0 Å². The van der Waals surface area contributed by atoms with E-state index >= 15 is 0 Å².